The molecule has 1 aliphatic rings. The van der Waals surface area contributed by atoms with Crippen molar-refractivity contribution >= 4 is 29.3 Å². The van der Waals surface area contributed by atoms with E-state index in [-0.39, 0.29) is 30.7 Å². The fourth-order valence-electron chi connectivity index (χ4n) is 2.40. The van der Waals surface area contributed by atoms with Gasteiger partial charge in [0.05, 0.1) is 18.6 Å². The molecule has 0 radical (unpaired) electrons. The van der Waals surface area contributed by atoms with Gasteiger partial charge in [-0.3, -0.25) is 9.59 Å². The lowest BCUT2D eigenvalue weighted by atomic mass is 10.1. The molecule has 0 bridgehead atoms. The monoisotopic (exact) mass is 325 g/mol. The molecule has 0 aliphatic carbocycles. The average Bonchev–Trinajstić information content (AvgIpc) is 2.94. The molecule has 1 aliphatic heterocycles. The minimum absolute atomic E-state index is 0.0913. The minimum atomic E-state index is -0.475. The number of anilines is 2. The van der Waals surface area contributed by atoms with Crippen molar-refractivity contribution in [3.63, 3.8) is 0 Å². The number of aromatic nitrogens is 1. The van der Waals surface area contributed by atoms with E-state index in [1.165, 1.54) is 18.3 Å². The standard InChI is InChI=1S/C17H15N3O4/c1-2-24-17(23)11-5-6-18-14(8-11)20-16(22)10-3-4-13-12(7-10)9-15(21)19-13/h3-8H,2,9H2,1H3,(H,19,21)(H,18,20,22). The maximum absolute atomic E-state index is 12.3. The van der Waals surface area contributed by atoms with Crippen LogP contribution in [0.15, 0.2) is 36.5 Å². The molecule has 1 aromatic carbocycles. The Balaban J connectivity index is 1.76. The van der Waals surface area contributed by atoms with E-state index in [0.717, 1.165) is 11.3 Å². The van der Waals surface area contributed by atoms with Gasteiger partial charge >= 0.3 is 5.97 Å². The number of hydrogen-bond donors (Lipinski definition) is 2. The normalized spacial score (nSPS) is 12.3. The maximum Gasteiger partial charge on any atom is 0.338 e. The van der Waals surface area contributed by atoms with Gasteiger partial charge in [-0.2, -0.15) is 0 Å². The van der Waals surface area contributed by atoms with Gasteiger partial charge in [-0.25, -0.2) is 9.78 Å². The highest BCUT2D eigenvalue weighted by molar-refractivity contribution is 6.06. The number of carbonyl (C=O) groups excluding carboxylic acids is 3. The molecule has 0 atom stereocenters. The summed E-state index contributed by atoms with van der Waals surface area (Å²) in [5.41, 5.74) is 2.22. The molecular weight excluding hydrogens is 310 g/mol. The summed E-state index contributed by atoms with van der Waals surface area (Å²) in [7, 11) is 0. The first-order valence-corrected chi connectivity index (χ1v) is 7.44. The Kier molecular flexibility index (Phi) is 4.24. The second kappa shape index (κ2) is 6.49. The number of pyridine rings is 1. The van der Waals surface area contributed by atoms with Crippen LogP contribution in [0.2, 0.25) is 0 Å². The summed E-state index contributed by atoms with van der Waals surface area (Å²) in [5.74, 6) is -0.685. The molecule has 122 valence electrons. The summed E-state index contributed by atoms with van der Waals surface area (Å²) >= 11 is 0. The third kappa shape index (κ3) is 3.24. The summed E-state index contributed by atoms with van der Waals surface area (Å²) in [6.45, 7) is 1.99. The highest BCUT2D eigenvalue weighted by Gasteiger charge is 2.19. The predicted molar refractivity (Wildman–Crippen MR) is 86.9 cm³/mol. The van der Waals surface area contributed by atoms with E-state index in [4.69, 9.17) is 4.74 Å². The molecule has 7 nitrogen and oxygen atoms in total. The number of ether oxygens (including phenoxy) is 1. The number of amides is 2. The molecule has 0 fully saturated rings. The quantitative estimate of drug-likeness (QED) is 0.838. The fourth-order valence-corrected chi connectivity index (χ4v) is 2.40. The Bertz CT molecular complexity index is 832. The maximum atomic E-state index is 12.3. The smallest absolute Gasteiger partial charge is 0.338 e. The van der Waals surface area contributed by atoms with Crippen LogP contribution < -0.4 is 10.6 Å². The highest BCUT2D eigenvalue weighted by atomic mass is 16.5. The first-order valence-electron chi connectivity index (χ1n) is 7.44. The average molecular weight is 325 g/mol. The summed E-state index contributed by atoms with van der Waals surface area (Å²) in [5, 5.41) is 5.35. The molecule has 2 N–H and O–H groups in total. The van der Waals surface area contributed by atoms with E-state index < -0.39 is 5.97 Å². The molecule has 24 heavy (non-hydrogen) atoms. The number of esters is 1. The van der Waals surface area contributed by atoms with Crippen LogP contribution in [0.25, 0.3) is 0 Å². The molecule has 2 amide bonds. The SMILES string of the molecule is CCOC(=O)c1ccnc(NC(=O)c2ccc3c(c2)CC(=O)N3)c1. The van der Waals surface area contributed by atoms with Crippen LogP contribution in [-0.4, -0.2) is 29.4 Å². The fraction of sp³-hybridized carbons (Fsp3) is 0.176. The van der Waals surface area contributed by atoms with Crippen molar-refractivity contribution in [2.24, 2.45) is 0 Å². The Morgan fingerprint density at radius 1 is 1.25 bits per heavy atom. The number of hydrogen-bond acceptors (Lipinski definition) is 5. The van der Waals surface area contributed by atoms with E-state index in [9.17, 15) is 14.4 Å². The van der Waals surface area contributed by atoms with E-state index in [1.54, 1.807) is 25.1 Å². The van der Waals surface area contributed by atoms with Gasteiger partial charge in [0.2, 0.25) is 5.91 Å². The summed E-state index contributed by atoms with van der Waals surface area (Å²) < 4.78 is 4.91. The molecule has 0 saturated heterocycles. The van der Waals surface area contributed by atoms with E-state index in [1.807, 2.05) is 0 Å². The molecule has 0 saturated carbocycles. The minimum Gasteiger partial charge on any atom is -0.462 e. The molecule has 0 unspecified atom stereocenters. The van der Waals surface area contributed by atoms with Crippen LogP contribution in [0.4, 0.5) is 11.5 Å². The van der Waals surface area contributed by atoms with E-state index in [2.05, 4.69) is 15.6 Å². The van der Waals surface area contributed by atoms with Gasteiger partial charge in [-0.05, 0) is 42.8 Å². The molecule has 2 heterocycles. The van der Waals surface area contributed by atoms with Gasteiger partial charge in [0.25, 0.3) is 5.91 Å². The highest BCUT2D eigenvalue weighted by Crippen LogP contribution is 2.24. The third-order valence-corrected chi connectivity index (χ3v) is 3.51. The molecule has 2 aromatic rings. The summed E-state index contributed by atoms with van der Waals surface area (Å²) in [4.78, 5) is 39.4. The predicted octanol–water partition coefficient (Wildman–Crippen LogP) is 2.01. The molecule has 0 spiro atoms. The Morgan fingerprint density at radius 2 is 2.08 bits per heavy atom. The van der Waals surface area contributed by atoms with E-state index >= 15 is 0 Å². The number of rotatable bonds is 4. The zero-order valence-corrected chi connectivity index (χ0v) is 13.0. The third-order valence-electron chi connectivity index (χ3n) is 3.51. The van der Waals surface area contributed by atoms with Gasteiger partial charge in [0.1, 0.15) is 5.82 Å². The number of benzene rings is 1. The lowest BCUT2D eigenvalue weighted by Gasteiger charge is -2.07. The summed E-state index contributed by atoms with van der Waals surface area (Å²) in [6.07, 6.45) is 1.68. The second-order valence-corrected chi connectivity index (χ2v) is 5.20. The number of carbonyl (C=O) groups is 3. The van der Waals surface area contributed by atoms with Crippen molar-refractivity contribution in [3.05, 3.63) is 53.2 Å². The first kappa shape index (κ1) is 15.7. The largest absolute Gasteiger partial charge is 0.462 e. The summed E-state index contributed by atoms with van der Waals surface area (Å²) in [6, 6.07) is 7.94. The van der Waals surface area contributed by atoms with Crippen molar-refractivity contribution in [1.82, 2.24) is 4.98 Å². The van der Waals surface area contributed by atoms with Gasteiger partial charge in [0, 0.05) is 17.4 Å². The van der Waals surface area contributed by atoms with Crippen molar-refractivity contribution < 1.29 is 19.1 Å². The second-order valence-electron chi connectivity index (χ2n) is 5.20. The lowest BCUT2D eigenvalue weighted by Crippen LogP contribution is -2.14. The first-order chi connectivity index (χ1) is 11.6. The van der Waals surface area contributed by atoms with Crippen LogP contribution in [0.5, 0.6) is 0 Å². The topological polar surface area (TPSA) is 97.4 Å². The Hall–Kier alpha value is -3.22. The van der Waals surface area contributed by atoms with Crippen molar-refractivity contribution in [2.75, 3.05) is 17.2 Å². The van der Waals surface area contributed by atoms with Crippen molar-refractivity contribution in [1.29, 1.82) is 0 Å². The number of nitrogens with one attached hydrogen (secondary N) is 2. The molecular formula is C17H15N3O4. The molecule has 7 heteroatoms. The van der Waals surface area contributed by atoms with Gasteiger partial charge in [0.15, 0.2) is 0 Å². The van der Waals surface area contributed by atoms with Gasteiger partial charge < -0.3 is 15.4 Å². The van der Waals surface area contributed by atoms with Crippen LogP contribution in [0, 0.1) is 0 Å². The molecule has 1 aromatic heterocycles. The zero-order valence-electron chi connectivity index (χ0n) is 13.0. The van der Waals surface area contributed by atoms with Crippen LogP contribution in [0.1, 0.15) is 33.2 Å². The van der Waals surface area contributed by atoms with Crippen LogP contribution >= 0.6 is 0 Å². The number of nitrogens with zero attached hydrogens (tertiary/aromatic N) is 1. The van der Waals surface area contributed by atoms with Crippen LogP contribution in [-0.2, 0) is 16.0 Å². The van der Waals surface area contributed by atoms with Gasteiger partial charge in [-0.1, -0.05) is 0 Å². The van der Waals surface area contributed by atoms with Crippen LogP contribution in [0.3, 0.4) is 0 Å². The van der Waals surface area contributed by atoms with Crippen molar-refractivity contribution in [2.45, 2.75) is 13.3 Å². The number of fused-ring (bicyclic) bond motifs is 1. The Morgan fingerprint density at radius 3 is 2.88 bits per heavy atom. The van der Waals surface area contributed by atoms with Gasteiger partial charge in [-0.15, -0.1) is 0 Å². The van der Waals surface area contributed by atoms with Crippen molar-refractivity contribution in [3.8, 4) is 0 Å². The van der Waals surface area contributed by atoms with E-state index in [0.29, 0.717) is 11.1 Å². The Labute approximate surface area is 138 Å². The molecule has 3 rings (SSSR count). The lowest BCUT2D eigenvalue weighted by molar-refractivity contribution is -0.115. The zero-order chi connectivity index (χ0) is 17.1.